The fourth-order valence-corrected chi connectivity index (χ4v) is 3.58. The molecule has 4 rings (SSSR count). The topological polar surface area (TPSA) is 51.7 Å². The molecular formula is C22H21FN2O3. The summed E-state index contributed by atoms with van der Waals surface area (Å²) < 4.78 is 23.8. The lowest BCUT2D eigenvalue weighted by Crippen LogP contribution is -2.39. The Morgan fingerprint density at radius 2 is 1.75 bits per heavy atom. The van der Waals surface area contributed by atoms with Crippen LogP contribution >= 0.6 is 0 Å². The SMILES string of the molecule is COc1ccc2ccc(OC(=O)N3CCC(c4ccc(F)nc4)CC3)cc2c1. The smallest absolute Gasteiger partial charge is 0.415 e. The zero-order valence-electron chi connectivity index (χ0n) is 15.6. The maximum Gasteiger partial charge on any atom is 0.415 e. The number of aromatic nitrogens is 1. The molecule has 1 amide bonds. The summed E-state index contributed by atoms with van der Waals surface area (Å²) in [5.74, 6) is 1.08. The highest BCUT2D eigenvalue weighted by Crippen LogP contribution is 2.29. The summed E-state index contributed by atoms with van der Waals surface area (Å²) in [7, 11) is 1.62. The normalized spacial score (nSPS) is 14.9. The van der Waals surface area contributed by atoms with Gasteiger partial charge in [0, 0.05) is 19.3 Å². The minimum atomic E-state index is -0.474. The van der Waals surface area contributed by atoms with E-state index >= 15 is 0 Å². The van der Waals surface area contributed by atoms with E-state index in [1.165, 1.54) is 6.07 Å². The van der Waals surface area contributed by atoms with Crippen molar-refractivity contribution in [1.29, 1.82) is 0 Å². The molecule has 144 valence electrons. The number of methoxy groups -OCH3 is 1. The van der Waals surface area contributed by atoms with Gasteiger partial charge < -0.3 is 14.4 Å². The number of pyridine rings is 1. The van der Waals surface area contributed by atoms with Crippen LogP contribution in [-0.2, 0) is 0 Å². The van der Waals surface area contributed by atoms with Gasteiger partial charge in [0.05, 0.1) is 7.11 Å². The lowest BCUT2D eigenvalue weighted by Gasteiger charge is -2.31. The van der Waals surface area contributed by atoms with E-state index in [9.17, 15) is 9.18 Å². The third-order valence-electron chi connectivity index (χ3n) is 5.20. The summed E-state index contributed by atoms with van der Waals surface area (Å²) in [5.41, 5.74) is 1.01. The molecule has 1 aliphatic rings. The van der Waals surface area contributed by atoms with Crippen molar-refractivity contribution < 1.29 is 18.7 Å². The number of nitrogens with zero attached hydrogens (tertiary/aromatic N) is 2. The van der Waals surface area contributed by atoms with Crippen LogP contribution in [0.3, 0.4) is 0 Å². The minimum absolute atomic E-state index is 0.283. The first-order chi connectivity index (χ1) is 13.6. The van der Waals surface area contributed by atoms with Gasteiger partial charge in [0.2, 0.25) is 5.95 Å². The molecule has 2 aromatic carbocycles. The molecule has 1 aliphatic heterocycles. The summed E-state index contributed by atoms with van der Waals surface area (Å²) in [6.07, 6.45) is 2.84. The lowest BCUT2D eigenvalue weighted by atomic mass is 9.91. The number of ether oxygens (including phenoxy) is 2. The van der Waals surface area contributed by atoms with Crippen molar-refractivity contribution in [2.24, 2.45) is 0 Å². The van der Waals surface area contributed by atoms with Crippen LogP contribution in [0.5, 0.6) is 11.5 Å². The Balaban J connectivity index is 1.39. The number of likely N-dealkylation sites (tertiary alicyclic amines) is 1. The maximum absolute atomic E-state index is 13.0. The number of hydrogen-bond donors (Lipinski definition) is 0. The van der Waals surface area contributed by atoms with Crippen molar-refractivity contribution in [3.63, 3.8) is 0 Å². The van der Waals surface area contributed by atoms with Crippen LogP contribution in [0.1, 0.15) is 24.3 Å². The first kappa shape index (κ1) is 18.2. The first-order valence-corrected chi connectivity index (χ1v) is 9.28. The predicted octanol–water partition coefficient (Wildman–Crippen LogP) is 4.76. The van der Waals surface area contributed by atoms with E-state index in [4.69, 9.17) is 9.47 Å². The Morgan fingerprint density at radius 3 is 2.43 bits per heavy atom. The predicted molar refractivity (Wildman–Crippen MR) is 104 cm³/mol. The molecule has 6 heteroatoms. The standard InChI is InChI=1S/C22H21FN2O3/c1-27-19-5-2-15-3-6-20(13-18(15)12-19)28-22(26)25-10-8-16(9-11-25)17-4-7-21(23)24-14-17/h2-7,12-14,16H,8-11H2,1H3. The van der Waals surface area contributed by atoms with Crippen molar-refractivity contribution >= 4 is 16.9 Å². The lowest BCUT2D eigenvalue weighted by molar-refractivity contribution is 0.138. The number of piperidine rings is 1. The van der Waals surface area contributed by atoms with Crippen molar-refractivity contribution in [1.82, 2.24) is 9.88 Å². The van der Waals surface area contributed by atoms with E-state index in [2.05, 4.69) is 4.98 Å². The average molecular weight is 380 g/mol. The van der Waals surface area contributed by atoms with E-state index < -0.39 is 5.95 Å². The molecule has 0 atom stereocenters. The molecule has 0 N–H and O–H groups in total. The number of carbonyl (C=O) groups is 1. The Labute approximate surface area is 162 Å². The van der Waals surface area contributed by atoms with Gasteiger partial charge in [-0.25, -0.2) is 9.78 Å². The molecule has 1 fully saturated rings. The molecule has 0 saturated carbocycles. The van der Waals surface area contributed by atoms with Gasteiger partial charge >= 0.3 is 6.09 Å². The summed E-state index contributed by atoms with van der Waals surface area (Å²) in [5, 5.41) is 2.00. The molecule has 0 bridgehead atoms. The molecule has 0 spiro atoms. The zero-order chi connectivity index (χ0) is 19.5. The monoisotopic (exact) mass is 380 g/mol. The minimum Gasteiger partial charge on any atom is -0.497 e. The van der Waals surface area contributed by atoms with Gasteiger partial charge in [-0.3, -0.25) is 0 Å². The third kappa shape index (κ3) is 3.91. The van der Waals surface area contributed by atoms with Crippen molar-refractivity contribution in [2.45, 2.75) is 18.8 Å². The van der Waals surface area contributed by atoms with Gasteiger partial charge in [-0.2, -0.15) is 4.39 Å². The van der Waals surface area contributed by atoms with Crippen LogP contribution in [-0.4, -0.2) is 36.2 Å². The molecular weight excluding hydrogens is 359 g/mol. The third-order valence-corrected chi connectivity index (χ3v) is 5.20. The molecule has 1 aromatic heterocycles. The van der Waals surface area contributed by atoms with Crippen LogP contribution in [0.4, 0.5) is 9.18 Å². The van der Waals surface area contributed by atoms with Crippen LogP contribution in [0.2, 0.25) is 0 Å². The molecule has 0 unspecified atom stereocenters. The van der Waals surface area contributed by atoms with Crippen molar-refractivity contribution in [2.75, 3.05) is 20.2 Å². The quantitative estimate of drug-likeness (QED) is 0.615. The zero-order valence-corrected chi connectivity index (χ0v) is 15.6. The van der Waals surface area contributed by atoms with Crippen LogP contribution in [0.25, 0.3) is 10.8 Å². The molecule has 2 heterocycles. The fourth-order valence-electron chi connectivity index (χ4n) is 3.58. The Kier molecular flexibility index (Phi) is 5.10. The second kappa shape index (κ2) is 7.84. The summed E-state index contributed by atoms with van der Waals surface area (Å²) in [4.78, 5) is 18.0. The van der Waals surface area contributed by atoms with E-state index in [-0.39, 0.29) is 12.0 Å². The van der Waals surface area contributed by atoms with Crippen LogP contribution < -0.4 is 9.47 Å². The molecule has 28 heavy (non-hydrogen) atoms. The van der Waals surface area contributed by atoms with Gasteiger partial charge in [0.15, 0.2) is 0 Å². The molecule has 0 radical (unpaired) electrons. The van der Waals surface area contributed by atoms with E-state index in [0.717, 1.165) is 34.9 Å². The van der Waals surface area contributed by atoms with Gasteiger partial charge in [-0.15, -0.1) is 0 Å². The number of amides is 1. The molecule has 0 aliphatic carbocycles. The number of carbonyl (C=O) groups excluding carboxylic acids is 1. The highest BCUT2D eigenvalue weighted by molar-refractivity contribution is 5.86. The molecule has 3 aromatic rings. The number of hydrogen-bond acceptors (Lipinski definition) is 4. The first-order valence-electron chi connectivity index (χ1n) is 9.28. The Bertz CT molecular complexity index is 983. The summed E-state index contributed by atoms with van der Waals surface area (Å²) in [6.45, 7) is 1.20. The summed E-state index contributed by atoms with van der Waals surface area (Å²) in [6, 6.07) is 14.5. The number of rotatable bonds is 3. The molecule has 5 nitrogen and oxygen atoms in total. The van der Waals surface area contributed by atoms with E-state index in [0.29, 0.717) is 18.8 Å². The second-order valence-electron chi connectivity index (χ2n) is 6.92. The Hall–Kier alpha value is -3.15. The van der Waals surface area contributed by atoms with Gasteiger partial charge in [-0.1, -0.05) is 18.2 Å². The number of fused-ring (bicyclic) bond motifs is 1. The average Bonchev–Trinajstić information content (AvgIpc) is 2.74. The van der Waals surface area contributed by atoms with Crippen molar-refractivity contribution in [3.8, 4) is 11.5 Å². The highest BCUT2D eigenvalue weighted by atomic mass is 19.1. The number of halogens is 1. The second-order valence-corrected chi connectivity index (χ2v) is 6.92. The van der Waals surface area contributed by atoms with Crippen LogP contribution in [0, 0.1) is 5.95 Å². The fraction of sp³-hybridized carbons (Fsp3) is 0.273. The van der Waals surface area contributed by atoms with E-state index in [1.54, 1.807) is 30.3 Å². The van der Waals surface area contributed by atoms with Gasteiger partial charge in [-0.05, 0) is 65.4 Å². The Morgan fingerprint density at radius 1 is 1.04 bits per heavy atom. The summed E-state index contributed by atoms with van der Waals surface area (Å²) >= 11 is 0. The van der Waals surface area contributed by atoms with Gasteiger partial charge in [0.25, 0.3) is 0 Å². The maximum atomic E-state index is 13.0. The van der Waals surface area contributed by atoms with E-state index in [1.807, 2.05) is 30.3 Å². The number of benzene rings is 2. The van der Waals surface area contributed by atoms with Gasteiger partial charge in [0.1, 0.15) is 11.5 Å². The molecule has 1 saturated heterocycles. The highest BCUT2D eigenvalue weighted by Gasteiger charge is 2.25. The van der Waals surface area contributed by atoms with Crippen LogP contribution in [0.15, 0.2) is 54.7 Å². The largest absolute Gasteiger partial charge is 0.497 e. The van der Waals surface area contributed by atoms with Crippen molar-refractivity contribution in [3.05, 3.63) is 66.2 Å².